The minimum absolute atomic E-state index is 1.26. The highest BCUT2D eigenvalue weighted by atomic mass is 14.9. The van der Waals surface area contributed by atoms with E-state index in [2.05, 4.69) is 97.5 Å². The van der Waals surface area contributed by atoms with E-state index < -0.39 is 0 Å². The molecule has 0 aliphatic carbocycles. The van der Waals surface area contributed by atoms with Crippen molar-refractivity contribution in [3.8, 4) is 22.3 Å². The number of hydrogen-bond acceptors (Lipinski definition) is 0. The molecule has 0 saturated carbocycles. The predicted octanol–water partition coefficient (Wildman–Crippen LogP) is 5.82. The van der Waals surface area contributed by atoms with E-state index in [9.17, 15) is 0 Å². The summed E-state index contributed by atoms with van der Waals surface area (Å²) in [6, 6.07) is 25.9. The summed E-state index contributed by atoms with van der Waals surface area (Å²) in [5.74, 6) is 0. The van der Waals surface area contributed by atoms with E-state index in [1.807, 2.05) is 0 Å². The van der Waals surface area contributed by atoms with Gasteiger partial charge in [0.15, 0.2) is 0 Å². The number of hydrogen-bond donors (Lipinski definition) is 0. The molecule has 1 aromatic heterocycles. The number of nitrogens with zero attached hydrogens (tertiary/aromatic N) is 1. The number of aryl methyl sites for hydroxylation is 2. The molecule has 4 aromatic rings. The predicted molar refractivity (Wildman–Crippen MR) is 98.5 cm³/mol. The average molecular weight is 297 g/mol. The van der Waals surface area contributed by atoms with Crippen molar-refractivity contribution in [2.24, 2.45) is 7.05 Å². The molecule has 1 heterocycles. The number of benzene rings is 3. The van der Waals surface area contributed by atoms with Crippen molar-refractivity contribution >= 4 is 10.9 Å². The van der Waals surface area contributed by atoms with Crippen LogP contribution >= 0.6 is 0 Å². The molecular weight excluding hydrogens is 278 g/mol. The van der Waals surface area contributed by atoms with Crippen molar-refractivity contribution in [3.05, 3.63) is 84.6 Å². The molecule has 0 atom stereocenters. The molecule has 1 nitrogen and oxygen atoms in total. The Labute approximate surface area is 136 Å². The summed E-state index contributed by atoms with van der Waals surface area (Å²) in [6.07, 6.45) is 2.21. The standard InChI is InChI=1S/C22H19N/c1-16-15-23(2)22-20(16)13-19(17-9-5-3-6-10-17)14-21(22)18-11-7-4-8-12-18/h3-15H,1-2H3. The maximum Gasteiger partial charge on any atom is 0.0560 e. The van der Waals surface area contributed by atoms with Crippen molar-refractivity contribution in [1.29, 1.82) is 0 Å². The second-order valence-electron chi connectivity index (χ2n) is 6.08. The lowest BCUT2D eigenvalue weighted by atomic mass is 9.95. The lowest BCUT2D eigenvalue weighted by Crippen LogP contribution is -1.90. The van der Waals surface area contributed by atoms with Crippen LogP contribution in [0.4, 0.5) is 0 Å². The van der Waals surface area contributed by atoms with E-state index in [4.69, 9.17) is 0 Å². The normalized spacial score (nSPS) is 11.0. The third-order valence-electron chi connectivity index (χ3n) is 4.47. The van der Waals surface area contributed by atoms with Crippen LogP contribution in [0.25, 0.3) is 33.2 Å². The summed E-state index contributed by atoms with van der Waals surface area (Å²) in [5, 5.41) is 1.33. The Morgan fingerprint density at radius 3 is 1.96 bits per heavy atom. The molecule has 0 N–H and O–H groups in total. The lowest BCUT2D eigenvalue weighted by molar-refractivity contribution is 0.965. The second kappa shape index (κ2) is 5.44. The fraction of sp³-hybridized carbons (Fsp3) is 0.0909. The Morgan fingerprint density at radius 2 is 1.30 bits per heavy atom. The van der Waals surface area contributed by atoms with Gasteiger partial charge in [0.1, 0.15) is 0 Å². The molecule has 0 fully saturated rings. The van der Waals surface area contributed by atoms with E-state index in [0.29, 0.717) is 0 Å². The van der Waals surface area contributed by atoms with Gasteiger partial charge < -0.3 is 4.57 Å². The molecule has 0 saturated heterocycles. The van der Waals surface area contributed by atoms with Gasteiger partial charge in [-0.25, -0.2) is 0 Å². The average Bonchev–Trinajstić information content (AvgIpc) is 2.90. The molecular formula is C22H19N. The van der Waals surface area contributed by atoms with Crippen LogP contribution in [0.1, 0.15) is 5.56 Å². The van der Waals surface area contributed by atoms with Crippen LogP contribution in [0, 0.1) is 6.92 Å². The van der Waals surface area contributed by atoms with Crippen LogP contribution in [-0.2, 0) is 7.05 Å². The third kappa shape index (κ3) is 2.35. The van der Waals surface area contributed by atoms with E-state index >= 15 is 0 Å². The highest BCUT2D eigenvalue weighted by molar-refractivity contribution is 6.00. The molecule has 0 aliphatic rings. The minimum atomic E-state index is 1.26. The van der Waals surface area contributed by atoms with Crippen molar-refractivity contribution in [2.75, 3.05) is 0 Å². The Balaban J connectivity index is 2.07. The smallest absolute Gasteiger partial charge is 0.0560 e. The molecule has 0 unspecified atom stereocenters. The molecule has 1 heteroatoms. The van der Waals surface area contributed by atoms with E-state index in [1.165, 1.54) is 38.7 Å². The highest BCUT2D eigenvalue weighted by Crippen LogP contribution is 2.35. The van der Waals surface area contributed by atoms with Crippen molar-refractivity contribution < 1.29 is 0 Å². The van der Waals surface area contributed by atoms with Gasteiger partial charge in [0.25, 0.3) is 0 Å². The Morgan fingerprint density at radius 1 is 0.696 bits per heavy atom. The van der Waals surface area contributed by atoms with E-state index in [0.717, 1.165) is 0 Å². The summed E-state index contributed by atoms with van der Waals surface area (Å²) in [7, 11) is 2.13. The summed E-state index contributed by atoms with van der Waals surface area (Å²) in [5.41, 5.74) is 7.70. The molecule has 3 aromatic carbocycles. The van der Waals surface area contributed by atoms with Gasteiger partial charge in [0.2, 0.25) is 0 Å². The van der Waals surface area contributed by atoms with Crippen LogP contribution in [0.2, 0.25) is 0 Å². The summed E-state index contributed by atoms with van der Waals surface area (Å²) < 4.78 is 2.24. The molecule has 4 rings (SSSR count). The molecule has 0 amide bonds. The molecule has 0 radical (unpaired) electrons. The topological polar surface area (TPSA) is 4.93 Å². The first-order valence-electron chi connectivity index (χ1n) is 7.94. The van der Waals surface area contributed by atoms with Gasteiger partial charge in [-0.3, -0.25) is 0 Å². The van der Waals surface area contributed by atoms with Crippen LogP contribution in [0.5, 0.6) is 0 Å². The first-order valence-corrected chi connectivity index (χ1v) is 7.94. The quantitative estimate of drug-likeness (QED) is 0.439. The fourth-order valence-electron chi connectivity index (χ4n) is 3.37. The summed E-state index contributed by atoms with van der Waals surface area (Å²) >= 11 is 0. The monoisotopic (exact) mass is 297 g/mol. The Bertz CT molecular complexity index is 963. The van der Waals surface area contributed by atoms with Gasteiger partial charge in [-0.1, -0.05) is 60.7 Å². The molecule has 112 valence electrons. The van der Waals surface area contributed by atoms with Gasteiger partial charge in [0.05, 0.1) is 5.52 Å². The minimum Gasteiger partial charge on any atom is -0.350 e. The first-order chi connectivity index (χ1) is 11.2. The van der Waals surface area contributed by atoms with Crippen LogP contribution in [0.3, 0.4) is 0 Å². The van der Waals surface area contributed by atoms with Gasteiger partial charge in [-0.05, 0) is 41.3 Å². The maximum absolute atomic E-state index is 2.31. The van der Waals surface area contributed by atoms with E-state index in [-0.39, 0.29) is 0 Å². The van der Waals surface area contributed by atoms with Gasteiger partial charge >= 0.3 is 0 Å². The highest BCUT2D eigenvalue weighted by Gasteiger charge is 2.12. The third-order valence-corrected chi connectivity index (χ3v) is 4.47. The first kappa shape index (κ1) is 13.8. The van der Waals surface area contributed by atoms with Crippen molar-refractivity contribution in [3.63, 3.8) is 0 Å². The van der Waals surface area contributed by atoms with Gasteiger partial charge in [-0.15, -0.1) is 0 Å². The molecule has 0 bridgehead atoms. The van der Waals surface area contributed by atoms with Gasteiger partial charge in [0, 0.05) is 24.2 Å². The largest absolute Gasteiger partial charge is 0.350 e. The second-order valence-corrected chi connectivity index (χ2v) is 6.08. The number of fused-ring (bicyclic) bond motifs is 1. The van der Waals surface area contributed by atoms with Crippen LogP contribution in [0.15, 0.2) is 79.0 Å². The molecule has 23 heavy (non-hydrogen) atoms. The maximum atomic E-state index is 2.31. The van der Waals surface area contributed by atoms with Crippen molar-refractivity contribution in [2.45, 2.75) is 6.92 Å². The summed E-state index contributed by atoms with van der Waals surface area (Å²) in [4.78, 5) is 0. The van der Waals surface area contributed by atoms with Gasteiger partial charge in [-0.2, -0.15) is 0 Å². The zero-order chi connectivity index (χ0) is 15.8. The lowest BCUT2D eigenvalue weighted by Gasteiger charge is -2.11. The molecule has 0 spiro atoms. The zero-order valence-electron chi connectivity index (χ0n) is 13.5. The van der Waals surface area contributed by atoms with Crippen LogP contribution in [-0.4, -0.2) is 4.57 Å². The number of rotatable bonds is 2. The summed E-state index contributed by atoms with van der Waals surface area (Å²) in [6.45, 7) is 2.19. The van der Waals surface area contributed by atoms with E-state index in [1.54, 1.807) is 0 Å². The van der Waals surface area contributed by atoms with Crippen molar-refractivity contribution in [1.82, 2.24) is 4.57 Å². The zero-order valence-corrected chi connectivity index (χ0v) is 13.5. The fourth-order valence-corrected chi connectivity index (χ4v) is 3.37. The van der Waals surface area contributed by atoms with Crippen LogP contribution < -0.4 is 0 Å². The Hall–Kier alpha value is -2.80. The SMILES string of the molecule is Cc1cn(C)c2c(-c3ccccc3)cc(-c3ccccc3)cc12. The molecule has 0 aliphatic heterocycles. The number of aromatic nitrogens is 1. The Kier molecular flexibility index (Phi) is 3.27.